The number of hydrogen-bond donors (Lipinski definition) is 7. The predicted octanol–water partition coefficient (Wildman–Crippen LogP) is 1.95. The highest BCUT2D eigenvalue weighted by Crippen LogP contribution is 2.12. The molecule has 1 aromatic carbocycles. The number of hydrogen-bond acceptors (Lipinski definition) is 8. The van der Waals surface area contributed by atoms with Crippen LogP contribution in [0, 0.1) is 11.8 Å². The van der Waals surface area contributed by atoms with E-state index in [1.54, 1.807) is 27.0 Å². The van der Waals surface area contributed by atoms with Gasteiger partial charge in [0.1, 0.15) is 17.7 Å². The molecule has 13 heteroatoms. The van der Waals surface area contributed by atoms with Gasteiger partial charge in [-0.1, -0.05) is 58.0 Å². The molecule has 0 radical (unpaired) electrons. The number of carbonyl (C=O) groups excluding carboxylic acids is 4. The van der Waals surface area contributed by atoms with E-state index in [-0.39, 0.29) is 37.1 Å². The van der Waals surface area contributed by atoms with Crippen LogP contribution in [0.5, 0.6) is 0 Å². The third kappa shape index (κ3) is 14.4. The molecular formula is C33H53N7O6. The van der Waals surface area contributed by atoms with Crippen molar-refractivity contribution in [2.45, 2.75) is 110 Å². The number of aliphatic hydroxyl groups is 1. The van der Waals surface area contributed by atoms with E-state index in [0.29, 0.717) is 18.5 Å². The zero-order valence-electron chi connectivity index (χ0n) is 28.1. The maximum atomic E-state index is 13.8. The summed E-state index contributed by atoms with van der Waals surface area (Å²) in [4.78, 5) is 59.7. The molecule has 0 aliphatic carbocycles. The minimum atomic E-state index is -1.12. The molecule has 0 spiro atoms. The molecule has 2 rings (SSSR count). The first-order valence-corrected chi connectivity index (χ1v) is 15.9. The van der Waals surface area contributed by atoms with E-state index in [0.717, 1.165) is 5.56 Å². The molecule has 0 fully saturated rings. The van der Waals surface area contributed by atoms with Crippen LogP contribution in [-0.2, 0) is 32.0 Å². The molecule has 5 atom stereocenters. The SMILES string of the molecule is CC(C)C[C@@H](N)C(=O)NCC(O)[C@H](CC(C)C)NC(=O)[C@H](Cc1c[nH]cn1)NC(=O)[C@H](Cc1ccccc1)NC(=O)OC(C)(C)C. The summed E-state index contributed by atoms with van der Waals surface area (Å²) >= 11 is 0. The van der Waals surface area contributed by atoms with Gasteiger partial charge in [0.25, 0.3) is 0 Å². The number of H-pyrrole nitrogens is 1. The molecule has 1 unspecified atom stereocenters. The van der Waals surface area contributed by atoms with Crippen molar-refractivity contribution in [3.05, 3.63) is 54.1 Å². The Labute approximate surface area is 272 Å². The Balaban J connectivity index is 2.25. The summed E-state index contributed by atoms with van der Waals surface area (Å²) in [6.45, 7) is 12.9. The van der Waals surface area contributed by atoms with Crippen molar-refractivity contribution in [3.8, 4) is 0 Å². The summed E-state index contributed by atoms with van der Waals surface area (Å²) in [6.07, 6.45) is 2.27. The Hall–Kier alpha value is -3.97. The number of ether oxygens (including phenoxy) is 1. The summed E-state index contributed by atoms with van der Waals surface area (Å²) in [5.74, 6) is -1.22. The molecule has 0 saturated carbocycles. The lowest BCUT2D eigenvalue weighted by atomic mass is 9.97. The highest BCUT2D eigenvalue weighted by molar-refractivity contribution is 5.91. The monoisotopic (exact) mass is 643 g/mol. The number of alkyl carbamates (subject to hydrolysis) is 1. The second-order valence-corrected chi connectivity index (χ2v) is 13.5. The molecule has 0 aliphatic rings. The Morgan fingerprint density at radius 3 is 2.07 bits per heavy atom. The number of rotatable bonds is 17. The molecule has 0 aliphatic heterocycles. The van der Waals surface area contributed by atoms with Gasteiger partial charge < -0.3 is 41.8 Å². The topological polar surface area (TPSA) is 201 Å². The molecule has 0 bridgehead atoms. The Morgan fingerprint density at radius 1 is 0.891 bits per heavy atom. The molecule has 1 heterocycles. The smallest absolute Gasteiger partial charge is 0.408 e. The molecule has 1 aromatic heterocycles. The van der Waals surface area contributed by atoms with Gasteiger partial charge in [-0.05, 0) is 51.0 Å². The van der Waals surface area contributed by atoms with Crippen LogP contribution in [0.2, 0.25) is 0 Å². The van der Waals surface area contributed by atoms with E-state index >= 15 is 0 Å². The maximum absolute atomic E-state index is 13.8. The Morgan fingerprint density at radius 2 is 1.50 bits per heavy atom. The molecule has 256 valence electrons. The van der Waals surface area contributed by atoms with Crippen molar-refractivity contribution in [1.82, 2.24) is 31.2 Å². The fourth-order valence-corrected chi connectivity index (χ4v) is 4.80. The van der Waals surface area contributed by atoms with Crippen molar-refractivity contribution in [2.24, 2.45) is 17.6 Å². The number of aromatic nitrogens is 2. The van der Waals surface area contributed by atoms with Crippen LogP contribution >= 0.6 is 0 Å². The van der Waals surface area contributed by atoms with Gasteiger partial charge in [0, 0.05) is 25.6 Å². The van der Waals surface area contributed by atoms with E-state index in [1.807, 2.05) is 58.0 Å². The fourth-order valence-electron chi connectivity index (χ4n) is 4.80. The van der Waals surface area contributed by atoms with Crippen LogP contribution in [-0.4, -0.2) is 81.3 Å². The normalized spacial score (nSPS) is 14.9. The molecule has 46 heavy (non-hydrogen) atoms. The van der Waals surface area contributed by atoms with Crippen molar-refractivity contribution in [2.75, 3.05) is 6.54 Å². The highest BCUT2D eigenvalue weighted by atomic mass is 16.6. The Bertz CT molecular complexity index is 1230. The zero-order chi connectivity index (χ0) is 34.4. The number of nitrogens with zero attached hydrogens (tertiary/aromatic N) is 1. The largest absolute Gasteiger partial charge is 0.444 e. The molecule has 8 N–H and O–H groups in total. The number of benzene rings is 1. The number of aliphatic hydroxyl groups excluding tert-OH is 1. The molecule has 2 aromatic rings. The minimum absolute atomic E-state index is 0.0385. The van der Waals surface area contributed by atoms with Crippen molar-refractivity contribution in [3.63, 3.8) is 0 Å². The summed E-state index contributed by atoms with van der Waals surface area (Å²) in [5.41, 5.74) is 6.51. The van der Waals surface area contributed by atoms with E-state index in [9.17, 15) is 24.3 Å². The summed E-state index contributed by atoms with van der Waals surface area (Å²) < 4.78 is 5.39. The third-order valence-electron chi connectivity index (χ3n) is 6.96. The first-order chi connectivity index (χ1) is 21.5. The lowest BCUT2D eigenvalue weighted by Gasteiger charge is -2.29. The molecular weight excluding hydrogens is 590 g/mol. The van der Waals surface area contributed by atoms with Gasteiger partial charge in [-0.2, -0.15) is 0 Å². The number of nitrogens with one attached hydrogen (secondary N) is 5. The van der Waals surface area contributed by atoms with Gasteiger partial charge >= 0.3 is 6.09 Å². The number of imidazole rings is 1. The lowest BCUT2D eigenvalue weighted by molar-refractivity contribution is -0.131. The first-order valence-electron chi connectivity index (χ1n) is 15.9. The molecule has 4 amide bonds. The lowest BCUT2D eigenvalue weighted by Crippen LogP contribution is -2.58. The summed E-state index contributed by atoms with van der Waals surface area (Å²) in [7, 11) is 0. The summed E-state index contributed by atoms with van der Waals surface area (Å²) in [6, 6.07) is 5.54. The van der Waals surface area contributed by atoms with E-state index in [1.165, 1.54) is 6.33 Å². The molecule has 13 nitrogen and oxygen atoms in total. The number of amides is 4. The molecule has 0 saturated heterocycles. The van der Waals surface area contributed by atoms with Crippen molar-refractivity contribution in [1.29, 1.82) is 0 Å². The second-order valence-electron chi connectivity index (χ2n) is 13.5. The zero-order valence-corrected chi connectivity index (χ0v) is 28.1. The van der Waals surface area contributed by atoms with Crippen LogP contribution in [0.25, 0.3) is 0 Å². The van der Waals surface area contributed by atoms with Crippen LogP contribution in [0.4, 0.5) is 4.79 Å². The first kappa shape index (κ1) is 38.2. The van der Waals surface area contributed by atoms with Gasteiger partial charge in [-0.25, -0.2) is 9.78 Å². The van der Waals surface area contributed by atoms with Crippen molar-refractivity contribution >= 4 is 23.8 Å². The second kappa shape index (κ2) is 18.2. The Kier molecular flexibility index (Phi) is 15.2. The number of carbonyl (C=O) groups is 4. The van der Waals surface area contributed by atoms with E-state index in [2.05, 4.69) is 31.2 Å². The van der Waals surface area contributed by atoms with Gasteiger partial charge in [-0.15, -0.1) is 0 Å². The van der Waals surface area contributed by atoms with E-state index in [4.69, 9.17) is 10.5 Å². The summed E-state index contributed by atoms with van der Waals surface area (Å²) in [5, 5.41) is 22.0. The van der Waals surface area contributed by atoms with Gasteiger partial charge in [0.2, 0.25) is 17.7 Å². The van der Waals surface area contributed by atoms with Crippen LogP contribution < -0.4 is 27.0 Å². The van der Waals surface area contributed by atoms with Crippen LogP contribution in [0.1, 0.15) is 72.6 Å². The van der Waals surface area contributed by atoms with Gasteiger partial charge in [-0.3, -0.25) is 14.4 Å². The van der Waals surface area contributed by atoms with Gasteiger partial charge in [0.05, 0.1) is 30.2 Å². The van der Waals surface area contributed by atoms with E-state index < -0.39 is 53.8 Å². The third-order valence-corrected chi connectivity index (χ3v) is 6.96. The average Bonchev–Trinajstić information content (AvgIpc) is 3.46. The average molecular weight is 644 g/mol. The minimum Gasteiger partial charge on any atom is -0.444 e. The van der Waals surface area contributed by atoms with Crippen LogP contribution in [0.15, 0.2) is 42.9 Å². The van der Waals surface area contributed by atoms with Gasteiger partial charge in [0.15, 0.2) is 0 Å². The maximum Gasteiger partial charge on any atom is 0.408 e. The highest BCUT2D eigenvalue weighted by Gasteiger charge is 2.32. The standard InChI is InChI=1S/C33H53N7O6/c1-20(2)13-24(34)29(42)36-18-28(41)25(14-21(3)4)38-31(44)27(16-23-17-35-19-37-23)39-30(43)26(15-22-11-9-8-10-12-22)40-32(45)46-33(5,6)7/h8-12,17,19-21,24-28,41H,13-16,18,34H2,1-7H3,(H,35,37)(H,36,42)(H,38,44)(H,39,43)(H,40,45)/t24-,25+,26+,27+,28?/m1/s1. The fraction of sp³-hybridized carbons (Fsp3) is 0.606. The predicted molar refractivity (Wildman–Crippen MR) is 175 cm³/mol. The quantitative estimate of drug-likeness (QED) is 0.136. The van der Waals surface area contributed by atoms with Crippen LogP contribution in [0.3, 0.4) is 0 Å². The number of aromatic amines is 1. The van der Waals surface area contributed by atoms with Crippen molar-refractivity contribution < 1.29 is 29.0 Å². The number of nitrogens with two attached hydrogens (primary N) is 1.